The van der Waals surface area contributed by atoms with Gasteiger partial charge in [0.2, 0.25) is 0 Å². The average Bonchev–Trinajstić information content (AvgIpc) is 2.84. The second-order valence-electron chi connectivity index (χ2n) is 6.45. The highest BCUT2D eigenvalue weighted by Gasteiger charge is 2.29. The molecule has 0 radical (unpaired) electrons. The van der Waals surface area contributed by atoms with Gasteiger partial charge in [0.25, 0.3) is 0 Å². The van der Waals surface area contributed by atoms with Crippen LogP contribution in [-0.2, 0) is 4.74 Å². The number of hydrogen-bond acceptors (Lipinski definition) is 3. The fourth-order valence-electron chi connectivity index (χ4n) is 2.34. The molecule has 6 nitrogen and oxygen atoms in total. The summed E-state index contributed by atoms with van der Waals surface area (Å²) >= 11 is 0. The van der Waals surface area contributed by atoms with Crippen LogP contribution in [0, 0.1) is 5.92 Å². The summed E-state index contributed by atoms with van der Waals surface area (Å²) in [6.45, 7) is 13.6. The molecule has 1 saturated heterocycles. The zero-order valence-corrected chi connectivity index (χ0v) is 14.1. The number of carbonyl (C=O) groups is 1. The van der Waals surface area contributed by atoms with Gasteiger partial charge >= 0.3 is 6.09 Å². The van der Waals surface area contributed by atoms with Crippen LogP contribution in [0.25, 0.3) is 0 Å². The Morgan fingerprint density at radius 1 is 1.38 bits per heavy atom. The van der Waals surface area contributed by atoms with Gasteiger partial charge in [-0.15, -0.1) is 0 Å². The van der Waals surface area contributed by atoms with E-state index in [1.807, 2.05) is 25.7 Å². The summed E-state index contributed by atoms with van der Waals surface area (Å²) in [5.41, 5.74) is 5.52. The summed E-state index contributed by atoms with van der Waals surface area (Å²) in [6.07, 6.45) is 0.722. The number of rotatable bonds is 4. The normalized spacial score (nSPS) is 19.8. The molecule has 1 rings (SSSR count). The predicted octanol–water partition coefficient (Wildman–Crippen LogP) is 1.90. The van der Waals surface area contributed by atoms with Crippen molar-refractivity contribution in [2.24, 2.45) is 16.6 Å². The largest absolute Gasteiger partial charge is 0.444 e. The van der Waals surface area contributed by atoms with Crippen LogP contribution in [0.4, 0.5) is 4.79 Å². The molecule has 1 aliphatic heterocycles. The summed E-state index contributed by atoms with van der Waals surface area (Å²) in [5.74, 6) is 0.961. The van der Waals surface area contributed by atoms with Gasteiger partial charge in [0, 0.05) is 32.7 Å². The van der Waals surface area contributed by atoms with Gasteiger partial charge in [0.05, 0.1) is 0 Å². The summed E-state index contributed by atoms with van der Waals surface area (Å²) in [4.78, 5) is 20.2. The highest BCUT2D eigenvalue weighted by Crippen LogP contribution is 2.19. The van der Waals surface area contributed by atoms with E-state index in [0.717, 1.165) is 26.1 Å². The van der Waals surface area contributed by atoms with E-state index in [-0.39, 0.29) is 6.09 Å². The maximum absolute atomic E-state index is 12.0. The molecule has 1 aliphatic rings. The third kappa shape index (κ3) is 5.81. The number of nitrogens with zero attached hydrogens (tertiary/aromatic N) is 3. The molecule has 1 unspecified atom stereocenters. The van der Waals surface area contributed by atoms with Crippen LogP contribution in [0.15, 0.2) is 4.99 Å². The van der Waals surface area contributed by atoms with Gasteiger partial charge in [-0.3, -0.25) is 4.99 Å². The maximum atomic E-state index is 12.0. The lowest BCUT2D eigenvalue weighted by molar-refractivity contribution is 0.0289. The highest BCUT2D eigenvalue weighted by atomic mass is 16.6. The monoisotopic (exact) mass is 298 g/mol. The van der Waals surface area contributed by atoms with E-state index in [2.05, 4.69) is 18.8 Å². The van der Waals surface area contributed by atoms with Crippen molar-refractivity contribution in [3.63, 3.8) is 0 Å². The smallest absolute Gasteiger partial charge is 0.410 e. The third-order valence-corrected chi connectivity index (χ3v) is 3.54. The van der Waals surface area contributed by atoms with Gasteiger partial charge < -0.3 is 20.3 Å². The number of carbonyl (C=O) groups excluding carboxylic acids is 1. The van der Waals surface area contributed by atoms with Crippen LogP contribution in [-0.4, -0.2) is 60.2 Å². The molecule has 1 fully saturated rings. The SMILES string of the molecule is CCN(CC)C(N)=NCC1CCN(C(=O)OC(C)(C)C)C1. The van der Waals surface area contributed by atoms with Crippen molar-refractivity contribution in [3.05, 3.63) is 0 Å². The van der Waals surface area contributed by atoms with E-state index < -0.39 is 5.60 Å². The van der Waals surface area contributed by atoms with Crippen LogP contribution in [0.3, 0.4) is 0 Å². The Hall–Kier alpha value is -1.46. The number of hydrogen-bond donors (Lipinski definition) is 1. The van der Waals surface area contributed by atoms with Gasteiger partial charge in [-0.1, -0.05) is 0 Å². The Morgan fingerprint density at radius 2 is 2.00 bits per heavy atom. The van der Waals surface area contributed by atoms with Gasteiger partial charge in [0.1, 0.15) is 5.60 Å². The van der Waals surface area contributed by atoms with Gasteiger partial charge in [-0.2, -0.15) is 0 Å². The predicted molar refractivity (Wildman–Crippen MR) is 85.3 cm³/mol. The van der Waals surface area contributed by atoms with E-state index >= 15 is 0 Å². The maximum Gasteiger partial charge on any atom is 0.410 e. The number of guanidine groups is 1. The zero-order chi connectivity index (χ0) is 16.0. The molecule has 21 heavy (non-hydrogen) atoms. The summed E-state index contributed by atoms with van der Waals surface area (Å²) in [7, 11) is 0. The van der Waals surface area contributed by atoms with Gasteiger partial charge in [-0.05, 0) is 47.0 Å². The standard InChI is InChI=1S/C15H30N4O2/c1-6-18(7-2)13(16)17-10-12-8-9-19(11-12)14(20)21-15(3,4)5/h12H,6-11H2,1-5H3,(H2,16,17). The van der Waals surface area contributed by atoms with Crippen LogP contribution >= 0.6 is 0 Å². The first-order valence-electron chi connectivity index (χ1n) is 7.79. The average molecular weight is 298 g/mol. The summed E-state index contributed by atoms with van der Waals surface area (Å²) < 4.78 is 5.39. The van der Waals surface area contributed by atoms with E-state index in [1.54, 1.807) is 4.90 Å². The minimum absolute atomic E-state index is 0.231. The third-order valence-electron chi connectivity index (χ3n) is 3.54. The van der Waals surface area contributed by atoms with Crippen LogP contribution < -0.4 is 5.73 Å². The first-order chi connectivity index (χ1) is 9.76. The Balaban J connectivity index is 2.45. The zero-order valence-electron chi connectivity index (χ0n) is 14.1. The lowest BCUT2D eigenvalue weighted by Gasteiger charge is -2.24. The van der Waals surface area contributed by atoms with Crippen molar-refractivity contribution in [2.45, 2.75) is 46.6 Å². The number of amides is 1. The summed E-state index contributed by atoms with van der Waals surface area (Å²) in [5, 5.41) is 0. The van der Waals surface area contributed by atoms with Crippen LogP contribution in [0.5, 0.6) is 0 Å². The molecule has 1 atom stereocenters. The molecule has 122 valence electrons. The minimum atomic E-state index is -0.444. The first kappa shape index (κ1) is 17.6. The summed E-state index contributed by atoms with van der Waals surface area (Å²) in [6, 6.07) is 0. The number of aliphatic imine (C=N–C) groups is 1. The molecule has 0 aromatic carbocycles. The van der Waals surface area contributed by atoms with E-state index in [4.69, 9.17) is 10.5 Å². The van der Waals surface area contributed by atoms with E-state index in [1.165, 1.54) is 0 Å². The fourth-order valence-corrected chi connectivity index (χ4v) is 2.34. The quantitative estimate of drug-likeness (QED) is 0.635. The topological polar surface area (TPSA) is 71.2 Å². The molecule has 0 bridgehead atoms. The molecule has 0 aromatic rings. The van der Waals surface area contributed by atoms with E-state index in [0.29, 0.717) is 25.0 Å². The lowest BCUT2D eigenvalue weighted by Crippen LogP contribution is -2.37. The van der Waals surface area contributed by atoms with Crippen molar-refractivity contribution in [1.29, 1.82) is 0 Å². The molecule has 2 N–H and O–H groups in total. The molecule has 1 amide bonds. The van der Waals surface area contributed by atoms with E-state index in [9.17, 15) is 4.79 Å². The van der Waals surface area contributed by atoms with Crippen LogP contribution in [0.2, 0.25) is 0 Å². The molecule has 0 aromatic heterocycles. The highest BCUT2D eigenvalue weighted by molar-refractivity contribution is 5.78. The van der Waals surface area contributed by atoms with Crippen molar-refractivity contribution in [2.75, 3.05) is 32.7 Å². The molecule has 1 heterocycles. The minimum Gasteiger partial charge on any atom is -0.444 e. The number of ether oxygens (including phenoxy) is 1. The first-order valence-corrected chi connectivity index (χ1v) is 7.79. The van der Waals surface area contributed by atoms with Crippen LogP contribution in [0.1, 0.15) is 41.0 Å². The van der Waals surface area contributed by atoms with Crippen molar-refractivity contribution < 1.29 is 9.53 Å². The van der Waals surface area contributed by atoms with Gasteiger partial charge in [0.15, 0.2) is 5.96 Å². The molecule has 0 spiro atoms. The van der Waals surface area contributed by atoms with Crippen molar-refractivity contribution in [1.82, 2.24) is 9.80 Å². The number of nitrogens with two attached hydrogens (primary N) is 1. The molecule has 6 heteroatoms. The van der Waals surface area contributed by atoms with Crippen molar-refractivity contribution in [3.8, 4) is 0 Å². The van der Waals surface area contributed by atoms with Crippen molar-refractivity contribution >= 4 is 12.1 Å². The Kier molecular flexibility index (Phi) is 6.30. The lowest BCUT2D eigenvalue weighted by atomic mass is 10.1. The number of likely N-dealkylation sites (tertiary alicyclic amines) is 1. The second-order valence-corrected chi connectivity index (χ2v) is 6.45. The molecular weight excluding hydrogens is 268 g/mol. The Labute approximate surface area is 128 Å². The molecule has 0 saturated carbocycles. The van der Waals surface area contributed by atoms with Gasteiger partial charge in [-0.25, -0.2) is 4.79 Å². The Morgan fingerprint density at radius 3 is 2.52 bits per heavy atom. The fraction of sp³-hybridized carbons (Fsp3) is 0.867. The second kappa shape index (κ2) is 7.52. The molecule has 0 aliphatic carbocycles. The molecular formula is C15H30N4O2. The Bertz CT molecular complexity index is 372.